The zero-order valence-electron chi connectivity index (χ0n) is 15.7. The van der Waals surface area contributed by atoms with E-state index in [2.05, 4.69) is 0 Å². The monoisotopic (exact) mass is 374 g/mol. The van der Waals surface area contributed by atoms with Gasteiger partial charge in [0.2, 0.25) is 0 Å². The topological polar surface area (TPSA) is 80.5 Å². The van der Waals surface area contributed by atoms with E-state index in [0.717, 1.165) is 17.0 Å². The Morgan fingerprint density at radius 3 is 2.43 bits per heavy atom. The number of Topliss-reactive ketones (excluding diaryl/α,β-unsaturated/α-hetero) is 2. The summed E-state index contributed by atoms with van der Waals surface area (Å²) in [5.41, 5.74) is 4.41. The maximum absolute atomic E-state index is 13.3. The Labute approximate surface area is 161 Å². The molecule has 140 valence electrons. The minimum absolute atomic E-state index is 0.0675. The zero-order valence-corrected chi connectivity index (χ0v) is 15.7. The molecule has 0 aromatic heterocycles. The minimum Gasteiger partial charge on any atom is -0.347 e. The lowest BCUT2D eigenvalue weighted by atomic mass is 9.78. The van der Waals surface area contributed by atoms with E-state index < -0.39 is 10.8 Å². The van der Waals surface area contributed by atoms with Gasteiger partial charge in [0.25, 0.3) is 5.69 Å². The lowest BCUT2D eigenvalue weighted by Crippen LogP contribution is -2.29. The third kappa shape index (κ3) is 2.41. The van der Waals surface area contributed by atoms with Gasteiger partial charge in [-0.1, -0.05) is 36.4 Å². The number of allylic oxidation sites excluding steroid dienone is 3. The number of rotatable bonds is 3. The van der Waals surface area contributed by atoms with Crippen LogP contribution in [0.4, 0.5) is 5.69 Å². The lowest BCUT2D eigenvalue weighted by Gasteiger charge is -2.35. The molecule has 0 spiro atoms. The first kappa shape index (κ1) is 17.9. The van der Waals surface area contributed by atoms with Crippen molar-refractivity contribution in [2.45, 2.75) is 19.8 Å². The third-order valence-corrected chi connectivity index (χ3v) is 5.53. The maximum Gasteiger partial charge on any atom is 0.269 e. The summed E-state index contributed by atoms with van der Waals surface area (Å²) in [5, 5.41) is 11.3. The standard InChI is InChI=1S/C22H18N2O4/c1-12-18(13(2)25)19(14-7-6-8-15(11-14)24(27)28)20-21(23(12)3)16-9-4-5-10-17(16)22(20)26/h4-11,19H,1-3H3/t19-/m1/s1. The van der Waals surface area contributed by atoms with Crippen molar-refractivity contribution in [2.75, 3.05) is 7.05 Å². The van der Waals surface area contributed by atoms with Crippen LogP contribution in [0.1, 0.15) is 41.3 Å². The van der Waals surface area contributed by atoms with Crippen molar-refractivity contribution >= 4 is 23.0 Å². The molecular weight excluding hydrogens is 356 g/mol. The van der Waals surface area contributed by atoms with Crippen LogP contribution in [0.25, 0.3) is 5.70 Å². The van der Waals surface area contributed by atoms with Gasteiger partial charge in [0.15, 0.2) is 11.6 Å². The van der Waals surface area contributed by atoms with E-state index in [1.54, 1.807) is 18.2 Å². The summed E-state index contributed by atoms with van der Waals surface area (Å²) < 4.78 is 0. The van der Waals surface area contributed by atoms with Gasteiger partial charge in [-0.25, -0.2) is 0 Å². The Bertz CT molecular complexity index is 1130. The molecule has 4 rings (SSSR count). The van der Waals surface area contributed by atoms with Crippen LogP contribution in [0.15, 0.2) is 65.4 Å². The quantitative estimate of drug-likeness (QED) is 0.597. The first-order chi connectivity index (χ1) is 13.3. The van der Waals surface area contributed by atoms with Gasteiger partial charge in [-0.3, -0.25) is 19.7 Å². The van der Waals surface area contributed by atoms with Crippen LogP contribution in [0.3, 0.4) is 0 Å². The van der Waals surface area contributed by atoms with E-state index in [9.17, 15) is 19.7 Å². The van der Waals surface area contributed by atoms with Crippen LogP contribution in [0, 0.1) is 10.1 Å². The third-order valence-electron chi connectivity index (χ3n) is 5.53. The number of ketones is 2. The Kier molecular flexibility index (Phi) is 4.00. The molecule has 0 saturated carbocycles. The van der Waals surface area contributed by atoms with E-state index in [4.69, 9.17) is 0 Å². The summed E-state index contributed by atoms with van der Waals surface area (Å²) in [6, 6.07) is 13.5. The molecule has 1 atom stereocenters. The number of non-ortho nitro benzene ring substituents is 1. The van der Waals surface area contributed by atoms with Crippen molar-refractivity contribution in [1.29, 1.82) is 0 Å². The number of carbonyl (C=O) groups is 2. The van der Waals surface area contributed by atoms with Crippen molar-refractivity contribution in [1.82, 2.24) is 4.90 Å². The first-order valence-electron chi connectivity index (χ1n) is 8.91. The lowest BCUT2D eigenvalue weighted by molar-refractivity contribution is -0.384. The van der Waals surface area contributed by atoms with Crippen LogP contribution < -0.4 is 0 Å². The molecule has 1 heterocycles. The zero-order chi connectivity index (χ0) is 20.2. The van der Waals surface area contributed by atoms with Crippen molar-refractivity contribution in [3.63, 3.8) is 0 Å². The first-order valence-corrected chi connectivity index (χ1v) is 8.91. The average Bonchev–Trinajstić information content (AvgIpc) is 2.97. The second-order valence-electron chi connectivity index (χ2n) is 7.04. The van der Waals surface area contributed by atoms with Crippen molar-refractivity contribution in [2.24, 2.45) is 0 Å². The number of carbonyl (C=O) groups excluding carboxylic acids is 2. The second kappa shape index (κ2) is 6.27. The molecule has 0 saturated heterocycles. The molecule has 0 bridgehead atoms. The summed E-state index contributed by atoms with van der Waals surface area (Å²) in [6.45, 7) is 3.31. The number of benzene rings is 2. The SMILES string of the molecule is CC(=O)C1=C(C)N(C)C2=C(C(=O)c3ccccc32)[C@@H]1c1cccc([N+](=O)[O-])c1. The van der Waals surface area contributed by atoms with Gasteiger partial charge in [0.1, 0.15) is 0 Å². The Morgan fingerprint density at radius 1 is 1.11 bits per heavy atom. The van der Waals surface area contributed by atoms with Gasteiger partial charge >= 0.3 is 0 Å². The van der Waals surface area contributed by atoms with Crippen LogP contribution in [0.2, 0.25) is 0 Å². The molecule has 0 amide bonds. The molecule has 2 aromatic rings. The van der Waals surface area contributed by atoms with Crippen molar-refractivity contribution in [3.05, 3.63) is 92.2 Å². The second-order valence-corrected chi connectivity index (χ2v) is 7.04. The predicted octanol–water partition coefficient (Wildman–Crippen LogP) is 4.09. The molecule has 0 radical (unpaired) electrons. The van der Waals surface area contributed by atoms with Gasteiger partial charge in [-0.15, -0.1) is 0 Å². The Morgan fingerprint density at radius 2 is 1.79 bits per heavy atom. The molecule has 2 aliphatic rings. The Balaban J connectivity index is 2.01. The van der Waals surface area contributed by atoms with Gasteiger partial charge in [0, 0.05) is 53.1 Å². The van der Waals surface area contributed by atoms with Gasteiger partial charge in [-0.2, -0.15) is 0 Å². The molecule has 0 fully saturated rings. The molecule has 28 heavy (non-hydrogen) atoms. The number of nitro benzene ring substituents is 1. The van der Waals surface area contributed by atoms with Crippen molar-refractivity contribution in [3.8, 4) is 0 Å². The summed E-state index contributed by atoms with van der Waals surface area (Å²) >= 11 is 0. The molecule has 0 N–H and O–H groups in total. The summed E-state index contributed by atoms with van der Waals surface area (Å²) in [5.74, 6) is -0.931. The highest BCUT2D eigenvalue weighted by molar-refractivity contribution is 6.23. The predicted molar refractivity (Wildman–Crippen MR) is 105 cm³/mol. The Hall–Kier alpha value is -3.54. The smallest absolute Gasteiger partial charge is 0.269 e. The number of nitrogens with zero attached hydrogens (tertiary/aromatic N) is 2. The van der Waals surface area contributed by atoms with E-state index in [-0.39, 0.29) is 17.3 Å². The fourth-order valence-corrected chi connectivity index (χ4v) is 4.23. The van der Waals surface area contributed by atoms with E-state index in [0.29, 0.717) is 22.3 Å². The van der Waals surface area contributed by atoms with Crippen LogP contribution in [0.5, 0.6) is 0 Å². The molecule has 0 unspecified atom stereocenters. The fraction of sp³-hybridized carbons (Fsp3) is 0.182. The summed E-state index contributed by atoms with van der Waals surface area (Å²) in [7, 11) is 1.84. The fourth-order valence-electron chi connectivity index (χ4n) is 4.23. The molecular formula is C22H18N2O4. The summed E-state index contributed by atoms with van der Waals surface area (Å²) in [4.78, 5) is 38.6. The van der Waals surface area contributed by atoms with Crippen molar-refractivity contribution < 1.29 is 14.5 Å². The van der Waals surface area contributed by atoms with Crippen LogP contribution in [-0.2, 0) is 4.79 Å². The normalized spacial score (nSPS) is 18.3. The molecule has 1 aliphatic heterocycles. The highest BCUT2D eigenvalue weighted by atomic mass is 16.6. The van der Waals surface area contributed by atoms with Gasteiger partial charge < -0.3 is 4.90 Å². The molecule has 2 aromatic carbocycles. The number of nitro groups is 1. The van der Waals surface area contributed by atoms with E-state index in [1.807, 2.05) is 37.1 Å². The van der Waals surface area contributed by atoms with Gasteiger partial charge in [-0.05, 0) is 19.4 Å². The highest BCUT2D eigenvalue weighted by Crippen LogP contribution is 2.50. The number of fused-ring (bicyclic) bond motifs is 2. The maximum atomic E-state index is 13.3. The van der Waals surface area contributed by atoms with Crippen LogP contribution in [-0.4, -0.2) is 28.4 Å². The number of hydrogen-bond acceptors (Lipinski definition) is 5. The molecule has 6 heteroatoms. The van der Waals surface area contributed by atoms with E-state index >= 15 is 0 Å². The minimum atomic E-state index is -0.636. The number of hydrogen-bond donors (Lipinski definition) is 0. The highest BCUT2D eigenvalue weighted by Gasteiger charge is 2.43. The molecule has 1 aliphatic carbocycles. The molecule has 6 nitrogen and oxygen atoms in total. The van der Waals surface area contributed by atoms with E-state index in [1.165, 1.54) is 19.1 Å². The van der Waals surface area contributed by atoms with Crippen LogP contribution >= 0.6 is 0 Å². The summed E-state index contributed by atoms with van der Waals surface area (Å²) in [6.07, 6.45) is 0. The largest absolute Gasteiger partial charge is 0.347 e. The average molecular weight is 374 g/mol. The van der Waals surface area contributed by atoms with Gasteiger partial charge in [0.05, 0.1) is 10.6 Å².